The van der Waals surface area contributed by atoms with Crippen LogP contribution < -0.4 is 5.73 Å². The first-order valence-corrected chi connectivity index (χ1v) is 8.63. The summed E-state index contributed by atoms with van der Waals surface area (Å²) in [4.78, 5) is 21.8. The number of aryl methyl sites for hydroxylation is 1. The topological polar surface area (TPSA) is 118 Å². The summed E-state index contributed by atoms with van der Waals surface area (Å²) in [5.41, 5.74) is 5.44. The van der Waals surface area contributed by atoms with E-state index in [0.29, 0.717) is 12.0 Å². The molecule has 0 spiro atoms. The first-order valence-electron chi connectivity index (χ1n) is 6.31. The van der Waals surface area contributed by atoms with E-state index in [4.69, 9.17) is 10.8 Å². The predicted molar refractivity (Wildman–Crippen MR) is 78.9 cm³/mol. The third-order valence-electron chi connectivity index (χ3n) is 2.80. The molecule has 0 radical (unpaired) electrons. The molecule has 0 bridgehead atoms. The zero-order valence-electron chi connectivity index (χ0n) is 11.8. The average Bonchev–Trinajstić information content (AvgIpc) is 2.76. The number of sulfonamides is 1. The van der Waals surface area contributed by atoms with Crippen molar-refractivity contribution in [1.29, 1.82) is 0 Å². The van der Waals surface area contributed by atoms with Crippen LogP contribution in [0.15, 0.2) is 10.3 Å². The van der Waals surface area contributed by atoms with Gasteiger partial charge in [-0.3, -0.25) is 4.79 Å². The first kappa shape index (κ1) is 17.6. The summed E-state index contributed by atoms with van der Waals surface area (Å²) >= 11 is 0.850. The van der Waals surface area contributed by atoms with Gasteiger partial charge in [-0.2, -0.15) is 4.31 Å². The smallest absolute Gasteiger partial charge is 0.347 e. The van der Waals surface area contributed by atoms with Crippen molar-refractivity contribution in [2.24, 2.45) is 5.73 Å². The minimum Gasteiger partial charge on any atom is -0.477 e. The lowest BCUT2D eigenvalue weighted by Gasteiger charge is -2.21. The van der Waals surface area contributed by atoms with Crippen molar-refractivity contribution in [2.75, 3.05) is 13.1 Å². The van der Waals surface area contributed by atoms with Crippen molar-refractivity contribution >= 4 is 33.2 Å². The molecule has 1 rings (SSSR count). The standard InChI is InChI=1S/C12H18N2O5S2/c1-3-4-5-14(6-9(13)15)21(18,19)11-8(2)7-20-10(11)12(16)17/h7H,3-6H2,1-2H3,(H2,13,15)(H,16,17). The van der Waals surface area contributed by atoms with Crippen LogP contribution in [0.25, 0.3) is 0 Å². The number of carbonyl (C=O) groups is 2. The zero-order chi connectivity index (χ0) is 16.2. The average molecular weight is 334 g/mol. The number of nitrogens with zero attached hydrogens (tertiary/aromatic N) is 1. The third kappa shape index (κ3) is 4.02. The lowest BCUT2D eigenvalue weighted by atomic mass is 10.3. The number of thiophene rings is 1. The number of unbranched alkanes of at least 4 members (excludes halogenated alkanes) is 1. The molecule has 0 fully saturated rings. The van der Waals surface area contributed by atoms with Crippen LogP contribution in [0.4, 0.5) is 0 Å². The van der Waals surface area contributed by atoms with Gasteiger partial charge in [0.25, 0.3) is 0 Å². The van der Waals surface area contributed by atoms with Gasteiger partial charge in [0.15, 0.2) is 0 Å². The second-order valence-corrected chi connectivity index (χ2v) is 7.30. The highest BCUT2D eigenvalue weighted by molar-refractivity contribution is 7.89. The van der Waals surface area contributed by atoms with Crippen molar-refractivity contribution in [3.05, 3.63) is 15.8 Å². The van der Waals surface area contributed by atoms with Gasteiger partial charge < -0.3 is 10.8 Å². The van der Waals surface area contributed by atoms with E-state index in [9.17, 15) is 18.0 Å². The Morgan fingerprint density at radius 2 is 2.05 bits per heavy atom. The van der Waals surface area contributed by atoms with Crippen LogP contribution in [0.5, 0.6) is 0 Å². The molecule has 3 N–H and O–H groups in total. The molecule has 0 aliphatic heterocycles. The monoisotopic (exact) mass is 334 g/mol. The van der Waals surface area contributed by atoms with Crippen LogP contribution in [0.2, 0.25) is 0 Å². The number of carbonyl (C=O) groups excluding carboxylic acids is 1. The SMILES string of the molecule is CCCCN(CC(N)=O)S(=O)(=O)c1c(C)csc1C(=O)O. The maximum absolute atomic E-state index is 12.6. The van der Waals surface area contributed by atoms with Crippen LogP contribution >= 0.6 is 11.3 Å². The van der Waals surface area contributed by atoms with Crippen molar-refractivity contribution in [3.63, 3.8) is 0 Å². The Kier molecular flexibility index (Phi) is 5.87. The van der Waals surface area contributed by atoms with Gasteiger partial charge in [-0.05, 0) is 24.3 Å². The summed E-state index contributed by atoms with van der Waals surface area (Å²) < 4.78 is 26.2. The molecule has 0 saturated carbocycles. The Morgan fingerprint density at radius 1 is 1.43 bits per heavy atom. The van der Waals surface area contributed by atoms with Crippen LogP contribution in [0, 0.1) is 6.92 Å². The van der Waals surface area contributed by atoms with Crippen molar-refractivity contribution in [2.45, 2.75) is 31.6 Å². The number of amides is 1. The molecule has 1 amide bonds. The Bertz CT molecular complexity index is 636. The lowest BCUT2D eigenvalue weighted by Crippen LogP contribution is -2.39. The summed E-state index contributed by atoms with van der Waals surface area (Å²) in [6, 6.07) is 0. The number of rotatable bonds is 8. The fourth-order valence-electron chi connectivity index (χ4n) is 1.82. The zero-order valence-corrected chi connectivity index (χ0v) is 13.5. The fraction of sp³-hybridized carbons (Fsp3) is 0.500. The van der Waals surface area contributed by atoms with Crippen molar-refractivity contribution in [1.82, 2.24) is 4.31 Å². The number of hydrogen-bond acceptors (Lipinski definition) is 5. The second-order valence-electron chi connectivity index (χ2n) is 4.54. The highest BCUT2D eigenvalue weighted by atomic mass is 32.2. The molecule has 0 unspecified atom stereocenters. The van der Waals surface area contributed by atoms with E-state index in [1.807, 2.05) is 6.92 Å². The van der Waals surface area contributed by atoms with Crippen LogP contribution in [-0.2, 0) is 14.8 Å². The molecule has 1 aromatic heterocycles. The summed E-state index contributed by atoms with van der Waals surface area (Å²) in [6.45, 7) is 3.07. The van der Waals surface area contributed by atoms with Crippen molar-refractivity contribution < 1.29 is 23.1 Å². The molecule has 0 atom stereocenters. The Morgan fingerprint density at radius 3 is 2.52 bits per heavy atom. The van der Waals surface area contributed by atoms with E-state index in [0.717, 1.165) is 22.1 Å². The number of carboxylic acids is 1. The molecule has 21 heavy (non-hydrogen) atoms. The molecule has 1 aromatic rings. The Labute approximate surface area is 127 Å². The molecule has 7 nitrogen and oxygen atoms in total. The molecule has 1 heterocycles. The molecule has 0 aliphatic carbocycles. The number of aromatic carboxylic acids is 1. The van der Waals surface area contributed by atoms with E-state index in [1.165, 1.54) is 12.3 Å². The van der Waals surface area contributed by atoms with Gasteiger partial charge in [-0.15, -0.1) is 11.3 Å². The van der Waals surface area contributed by atoms with Crippen molar-refractivity contribution in [3.8, 4) is 0 Å². The Hall–Kier alpha value is -1.45. The maximum atomic E-state index is 12.6. The number of hydrogen-bond donors (Lipinski definition) is 2. The van der Waals surface area contributed by atoms with Gasteiger partial charge >= 0.3 is 5.97 Å². The second kappa shape index (κ2) is 7.01. The number of carboxylic acid groups (broad SMARTS) is 1. The van der Waals surface area contributed by atoms with E-state index in [-0.39, 0.29) is 16.3 Å². The summed E-state index contributed by atoms with van der Waals surface area (Å²) in [5.74, 6) is -2.08. The van der Waals surface area contributed by atoms with E-state index < -0.39 is 28.4 Å². The molecule has 118 valence electrons. The van der Waals surface area contributed by atoms with Crippen LogP contribution in [0.3, 0.4) is 0 Å². The highest BCUT2D eigenvalue weighted by Crippen LogP contribution is 2.29. The van der Waals surface area contributed by atoms with Gasteiger partial charge in [-0.25, -0.2) is 13.2 Å². The minimum atomic E-state index is -4.07. The number of nitrogens with two attached hydrogens (primary N) is 1. The molecule has 0 saturated heterocycles. The van der Waals surface area contributed by atoms with Gasteiger partial charge in [-0.1, -0.05) is 13.3 Å². The Balaban J connectivity index is 3.31. The third-order valence-corrected chi connectivity index (χ3v) is 6.05. The highest BCUT2D eigenvalue weighted by Gasteiger charge is 2.32. The summed E-state index contributed by atoms with van der Waals surface area (Å²) in [6.07, 6.45) is 1.29. The molecular weight excluding hydrogens is 316 g/mol. The summed E-state index contributed by atoms with van der Waals surface area (Å²) in [5, 5.41) is 10.6. The fourth-order valence-corrected chi connectivity index (χ4v) is 4.85. The summed E-state index contributed by atoms with van der Waals surface area (Å²) in [7, 11) is -4.07. The largest absolute Gasteiger partial charge is 0.477 e. The lowest BCUT2D eigenvalue weighted by molar-refractivity contribution is -0.118. The van der Waals surface area contributed by atoms with Crippen LogP contribution in [-0.4, -0.2) is 42.8 Å². The van der Waals surface area contributed by atoms with Crippen LogP contribution in [0.1, 0.15) is 35.0 Å². The minimum absolute atomic E-state index is 0.121. The quantitative estimate of drug-likeness (QED) is 0.736. The molecule has 0 aromatic carbocycles. The molecule has 0 aliphatic rings. The normalized spacial score (nSPS) is 11.8. The van der Waals surface area contributed by atoms with Gasteiger partial charge in [0, 0.05) is 6.54 Å². The number of primary amides is 1. The van der Waals surface area contributed by atoms with Gasteiger partial charge in [0.1, 0.15) is 9.77 Å². The molecular formula is C12H18N2O5S2. The maximum Gasteiger partial charge on any atom is 0.347 e. The van der Waals surface area contributed by atoms with E-state index in [1.54, 1.807) is 0 Å². The molecule has 9 heteroatoms. The van der Waals surface area contributed by atoms with Gasteiger partial charge in [0.2, 0.25) is 15.9 Å². The van der Waals surface area contributed by atoms with E-state index in [2.05, 4.69) is 0 Å². The predicted octanol–water partition coefficient (Wildman–Crippen LogP) is 1.03. The van der Waals surface area contributed by atoms with Gasteiger partial charge in [0.05, 0.1) is 6.54 Å². The first-order chi connectivity index (χ1) is 9.71. The van der Waals surface area contributed by atoms with E-state index >= 15 is 0 Å².